The summed E-state index contributed by atoms with van der Waals surface area (Å²) >= 11 is 5.81. The molecule has 0 aromatic carbocycles. The summed E-state index contributed by atoms with van der Waals surface area (Å²) < 4.78 is 0. The highest BCUT2D eigenvalue weighted by Gasteiger charge is 1.98. The first-order valence-electron chi connectivity index (χ1n) is 4.81. The molecule has 0 rings (SSSR count). The summed E-state index contributed by atoms with van der Waals surface area (Å²) in [5, 5.41) is 0.390. The fourth-order valence-corrected chi connectivity index (χ4v) is 1.20. The summed E-state index contributed by atoms with van der Waals surface area (Å²) in [4.78, 5) is 10.3. The van der Waals surface area contributed by atoms with Crippen molar-refractivity contribution in [3.8, 4) is 0 Å². The second-order valence-corrected chi connectivity index (χ2v) is 3.66. The number of unbranched alkanes of at least 4 members (excludes halogenated alkanes) is 2. The second kappa shape index (κ2) is 7.57. The third-order valence-corrected chi connectivity index (χ3v) is 2.23. The number of aldehydes is 1. The third-order valence-electron chi connectivity index (χ3n) is 1.88. The van der Waals surface area contributed by atoms with Crippen LogP contribution in [0.5, 0.6) is 0 Å². The van der Waals surface area contributed by atoms with Gasteiger partial charge < -0.3 is 0 Å². The van der Waals surface area contributed by atoms with Gasteiger partial charge in [0.2, 0.25) is 0 Å². The molecule has 0 saturated heterocycles. The summed E-state index contributed by atoms with van der Waals surface area (Å²) in [6, 6.07) is 0. The van der Waals surface area contributed by atoms with Crippen molar-refractivity contribution in [1.29, 1.82) is 0 Å². The molecule has 1 nitrogen and oxygen atoms in total. The van der Waals surface area contributed by atoms with E-state index in [-0.39, 0.29) is 0 Å². The number of rotatable bonds is 7. The smallest absolute Gasteiger partial charge is 0.150 e. The van der Waals surface area contributed by atoms with E-state index in [9.17, 15) is 4.79 Å². The zero-order chi connectivity index (χ0) is 11.0. The Morgan fingerprint density at radius 3 is 2.50 bits per heavy atom. The van der Waals surface area contributed by atoms with E-state index >= 15 is 0 Å². The van der Waals surface area contributed by atoms with Crippen molar-refractivity contribution in [3.63, 3.8) is 0 Å². The number of hydrogen-bond donors (Lipinski definition) is 0. The molecule has 0 aliphatic heterocycles. The molecule has 0 spiro atoms. The van der Waals surface area contributed by atoms with Crippen LogP contribution >= 0.6 is 11.6 Å². The van der Waals surface area contributed by atoms with E-state index in [1.807, 2.05) is 0 Å². The van der Waals surface area contributed by atoms with Gasteiger partial charge in [0.1, 0.15) is 0 Å². The van der Waals surface area contributed by atoms with Gasteiger partial charge in [-0.2, -0.15) is 0 Å². The topological polar surface area (TPSA) is 17.1 Å². The van der Waals surface area contributed by atoms with Crippen LogP contribution in [0.25, 0.3) is 0 Å². The normalized spacial score (nSPS) is 11.1. The molecule has 0 aliphatic rings. The summed E-state index contributed by atoms with van der Waals surface area (Å²) in [5.41, 5.74) is 1.26. The zero-order valence-electron chi connectivity index (χ0n) is 8.68. The van der Waals surface area contributed by atoms with Crippen molar-refractivity contribution >= 4 is 17.9 Å². The number of allylic oxidation sites excluding steroid dienone is 4. The molecule has 0 fully saturated rings. The monoisotopic (exact) mass is 212 g/mol. The molecule has 0 radical (unpaired) electrons. The minimum absolute atomic E-state index is 0.309. The van der Waals surface area contributed by atoms with E-state index in [4.69, 9.17) is 11.6 Å². The summed E-state index contributed by atoms with van der Waals surface area (Å²) in [7, 11) is 0. The van der Waals surface area contributed by atoms with Crippen LogP contribution < -0.4 is 0 Å². The Balaban J connectivity index is 4.02. The van der Waals surface area contributed by atoms with Crippen LogP contribution in [-0.2, 0) is 4.79 Å². The first-order valence-corrected chi connectivity index (χ1v) is 5.19. The Hall–Kier alpha value is -0.820. The maximum atomic E-state index is 10.3. The van der Waals surface area contributed by atoms with Crippen molar-refractivity contribution in [1.82, 2.24) is 0 Å². The minimum atomic E-state index is 0.309. The number of hydrogen-bond acceptors (Lipinski definition) is 1. The molecule has 0 N–H and O–H groups in total. The quantitative estimate of drug-likeness (QED) is 0.270. The van der Waals surface area contributed by atoms with Gasteiger partial charge in [-0.1, -0.05) is 50.1 Å². The Kier molecular flexibility index (Phi) is 7.13. The van der Waals surface area contributed by atoms with E-state index in [0.717, 1.165) is 18.4 Å². The molecule has 0 heterocycles. The predicted molar refractivity (Wildman–Crippen MR) is 62.4 cm³/mol. The lowest BCUT2D eigenvalue weighted by Crippen LogP contribution is -1.84. The first kappa shape index (κ1) is 13.2. The molecule has 78 valence electrons. The van der Waals surface area contributed by atoms with Crippen molar-refractivity contribution < 1.29 is 4.79 Å². The second-order valence-electron chi connectivity index (χ2n) is 3.25. The average molecular weight is 213 g/mol. The highest BCUT2D eigenvalue weighted by atomic mass is 35.5. The van der Waals surface area contributed by atoms with Crippen LogP contribution in [0.15, 0.2) is 35.4 Å². The Morgan fingerprint density at radius 1 is 1.36 bits per heavy atom. The maximum absolute atomic E-state index is 10.3. The van der Waals surface area contributed by atoms with Crippen molar-refractivity contribution in [2.24, 2.45) is 0 Å². The molecule has 0 amide bonds. The van der Waals surface area contributed by atoms with Crippen molar-refractivity contribution in [2.45, 2.75) is 32.6 Å². The predicted octanol–water partition coefficient (Wildman–Crippen LogP) is 4.00. The molecule has 0 aliphatic carbocycles. The first-order chi connectivity index (χ1) is 6.61. The summed E-state index contributed by atoms with van der Waals surface area (Å²) in [6.45, 7) is 9.53. The van der Waals surface area contributed by atoms with Crippen LogP contribution in [0.1, 0.15) is 32.6 Å². The third kappa shape index (κ3) is 5.76. The maximum Gasteiger partial charge on any atom is 0.150 e. The lowest BCUT2D eigenvalue weighted by Gasteiger charge is -2.00. The van der Waals surface area contributed by atoms with Gasteiger partial charge in [-0.25, -0.2) is 0 Å². The molecule has 0 bridgehead atoms. The lowest BCUT2D eigenvalue weighted by molar-refractivity contribution is -0.104. The van der Waals surface area contributed by atoms with Gasteiger partial charge in [0.25, 0.3) is 0 Å². The van der Waals surface area contributed by atoms with Gasteiger partial charge in [0, 0.05) is 5.57 Å². The largest absolute Gasteiger partial charge is 0.298 e. The van der Waals surface area contributed by atoms with E-state index in [0.29, 0.717) is 16.9 Å². The van der Waals surface area contributed by atoms with E-state index in [2.05, 4.69) is 20.1 Å². The Bertz CT molecular complexity index is 251. The van der Waals surface area contributed by atoms with Gasteiger partial charge in [0.15, 0.2) is 6.29 Å². The number of carbonyl (C=O) groups is 1. The average Bonchev–Trinajstić information content (AvgIpc) is 2.16. The van der Waals surface area contributed by atoms with Crippen LogP contribution in [0.3, 0.4) is 0 Å². The molecule has 0 atom stereocenters. The SMILES string of the molecule is C=C(/C=C(/Cl)C(=C)C=O)CCCCC. The van der Waals surface area contributed by atoms with Crippen LogP contribution in [0.4, 0.5) is 0 Å². The summed E-state index contributed by atoms with van der Waals surface area (Å²) in [6.07, 6.45) is 6.79. The summed E-state index contributed by atoms with van der Waals surface area (Å²) in [5.74, 6) is 0. The van der Waals surface area contributed by atoms with Gasteiger partial charge in [-0.05, 0) is 18.9 Å². The van der Waals surface area contributed by atoms with Crippen LogP contribution in [0.2, 0.25) is 0 Å². The zero-order valence-corrected chi connectivity index (χ0v) is 9.44. The fourth-order valence-electron chi connectivity index (χ4n) is 1.00. The van der Waals surface area contributed by atoms with Gasteiger partial charge in [-0.15, -0.1) is 0 Å². The van der Waals surface area contributed by atoms with Crippen molar-refractivity contribution in [2.75, 3.05) is 0 Å². The van der Waals surface area contributed by atoms with E-state index in [1.54, 1.807) is 6.08 Å². The van der Waals surface area contributed by atoms with E-state index in [1.165, 1.54) is 12.8 Å². The molecule has 0 aromatic heterocycles. The van der Waals surface area contributed by atoms with Crippen LogP contribution in [0, 0.1) is 0 Å². The Labute approximate surface area is 91.1 Å². The van der Waals surface area contributed by atoms with Crippen LogP contribution in [-0.4, -0.2) is 6.29 Å². The fraction of sp³-hybridized carbons (Fsp3) is 0.417. The lowest BCUT2D eigenvalue weighted by atomic mass is 10.1. The number of carbonyl (C=O) groups excluding carboxylic acids is 1. The van der Waals surface area contributed by atoms with E-state index < -0.39 is 0 Å². The van der Waals surface area contributed by atoms with Gasteiger partial charge in [-0.3, -0.25) is 4.79 Å². The minimum Gasteiger partial charge on any atom is -0.298 e. The number of halogens is 1. The molecule has 0 aromatic rings. The molecule has 14 heavy (non-hydrogen) atoms. The molecule has 2 heteroatoms. The molecule has 0 saturated carbocycles. The highest BCUT2D eigenvalue weighted by Crippen LogP contribution is 2.16. The van der Waals surface area contributed by atoms with Gasteiger partial charge in [0.05, 0.1) is 5.03 Å². The molecular formula is C12H17ClO. The molecule has 0 unspecified atom stereocenters. The van der Waals surface area contributed by atoms with Crippen molar-refractivity contribution in [3.05, 3.63) is 35.4 Å². The molecular weight excluding hydrogens is 196 g/mol. The van der Waals surface area contributed by atoms with Gasteiger partial charge >= 0.3 is 0 Å². The Morgan fingerprint density at radius 2 is 2.00 bits per heavy atom. The highest BCUT2D eigenvalue weighted by molar-refractivity contribution is 6.34. The standard InChI is InChI=1S/C12H17ClO/c1-4-5-6-7-10(2)8-12(13)11(3)9-14/h8-9H,2-7H2,1H3/b12-8+.